The van der Waals surface area contributed by atoms with E-state index in [0.29, 0.717) is 17.1 Å². The molecule has 2 rings (SSSR count). The van der Waals surface area contributed by atoms with E-state index >= 15 is 0 Å². The van der Waals surface area contributed by atoms with Crippen molar-refractivity contribution in [3.05, 3.63) is 47.7 Å². The Kier molecular flexibility index (Phi) is 6.37. The van der Waals surface area contributed by atoms with Gasteiger partial charge < -0.3 is 24.2 Å². The maximum Gasteiger partial charge on any atom is 0.323 e. The number of carbonyl (C=O) groups is 2. The van der Waals surface area contributed by atoms with Gasteiger partial charge in [0.15, 0.2) is 0 Å². The van der Waals surface area contributed by atoms with Crippen LogP contribution in [0.2, 0.25) is 0 Å². The molecule has 2 aromatic rings. The van der Waals surface area contributed by atoms with Crippen LogP contribution >= 0.6 is 0 Å². The molecule has 0 aliphatic carbocycles. The summed E-state index contributed by atoms with van der Waals surface area (Å²) in [7, 11) is 4.42. The van der Waals surface area contributed by atoms with Crippen LogP contribution in [0, 0.1) is 0 Å². The van der Waals surface area contributed by atoms with Crippen LogP contribution in [0.15, 0.2) is 36.5 Å². The average Bonchev–Trinajstić information content (AvgIpc) is 2.66. The van der Waals surface area contributed by atoms with Crippen LogP contribution in [0.5, 0.6) is 17.4 Å². The molecule has 0 aliphatic rings. The molecule has 8 nitrogen and oxygen atoms in total. The highest BCUT2D eigenvalue weighted by molar-refractivity contribution is 5.97. The number of carbonyl (C=O) groups excluding carboxylic acids is 1. The van der Waals surface area contributed by atoms with Crippen molar-refractivity contribution < 1.29 is 28.9 Å². The molecule has 0 spiro atoms. The van der Waals surface area contributed by atoms with E-state index < -0.39 is 18.4 Å². The van der Waals surface area contributed by atoms with Crippen molar-refractivity contribution in [1.29, 1.82) is 0 Å². The Hall–Kier alpha value is -3.29. The van der Waals surface area contributed by atoms with E-state index in [1.54, 1.807) is 24.3 Å². The first-order valence-electron chi connectivity index (χ1n) is 7.70. The van der Waals surface area contributed by atoms with E-state index in [1.165, 1.54) is 38.5 Å². The van der Waals surface area contributed by atoms with Crippen LogP contribution in [0.4, 0.5) is 0 Å². The summed E-state index contributed by atoms with van der Waals surface area (Å²) < 4.78 is 15.5. The van der Waals surface area contributed by atoms with Crippen LogP contribution in [-0.4, -0.2) is 54.7 Å². The van der Waals surface area contributed by atoms with E-state index in [2.05, 4.69) is 4.98 Å². The highest BCUT2D eigenvalue weighted by Gasteiger charge is 2.23. The molecule has 1 aromatic carbocycles. The molecule has 0 aliphatic heterocycles. The van der Waals surface area contributed by atoms with Gasteiger partial charge in [0.05, 0.1) is 21.3 Å². The Morgan fingerprint density at radius 3 is 2.27 bits per heavy atom. The van der Waals surface area contributed by atoms with Gasteiger partial charge in [-0.2, -0.15) is 0 Å². The molecule has 26 heavy (non-hydrogen) atoms. The Morgan fingerprint density at radius 2 is 1.73 bits per heavy atom. The quantitative estimate of drug-likeness (QED) is 0.767. The minimum atomic E-state index is -1.13. The fourth-order valence-electron chi connectivity index (χ4n) is 2.43. The third-order valence-corrected chi connectivity index (χ3v) is 3.59. The molecule has 0 unspecified atom stereocenters. The molecule has 1 heterocycles. The average molecular weight is 360 g/mol. The molecule has 0 fully saturated rings. The third-order valence-electron chi connectivity index (χ3n) is 3.59. The maximum atomic E-state index is 12.9. The van der Waals surface area contributed by atoms with Crippen LogP contribution < -0.4 is 14.2 Å². The van der Waals surface area contributed by atoms with Crippen LogP contribution in [0.25, 0.3) is 0 Å². The summed E-state index contributed by atoms with van der Waals surface area (Å²) in [4.78, 5) is 29.3. The summed E-state index contributed by atoms with van der Waals surface area (Å²) in [6, 6.07) is 8.24. The van der Waals surface area contributed by atoms with Crippen molar-refractivity contribution in [2.24, 2.45) is 0 Å². The van der Waals surface area contributed by atoms with Gasteiger partial charge in [-0.25, -0.2) is 4.98 Å². The number of hydrogen-bond donors (Lipinski definition) is 1. The number of carboxylic acids is 1. The van der Waals surface area contributed by atoms with Gasteiger partial charge in [0.25, 0.3) is 5.91 Å². The highest BCUT2D eigenvalue weighted by Crippen LogP contribution is 2.24. The maximum absolute atomic E-state index is 12.9. The van der Waals surface area contributed by atoms with Gasteiger partial charge in [-0.3, -0.25) is 9.59 Å². The Bertz CT molecular complexity index is 771. The van der Waals surface area contributed by atoms with Crippen molar-refractivity contribution in [2.75, 3.05) is 27.9 Å². The van der Waals surface area contributed by atoms with Crippen molar-refractivity contribution >= 4 is 11.9 Å². The standard InChI is InChI=1S/C18H20N2O6/c1-24-13-7-12(8-14(9-13)25-2)10-20(11-16(21)22)18(23)15-5-4-6-19-17(15)26-3/h4-9H,10-11H2,1-3H3,(H,21,22). The lowest BCUT2D eigenvalue weighted by Gasteiger charge is -2.22. The number of methoxy groups -OCH3 is 3. The predicted molar refractivity (Wildman–Crippen MR) is 92.7 cm³/mol. The Labute approximate surface area is 150 Å². The van der Waals surface area contributed by atoms with Gasteiger partial charge in [-0.15, -0.1) is 0 Å². The van der Waals surface area contributed by atoms with E-state index in [0.717, 1.165) is 0 Å². The number of ether oxygens (including phenoxy) is 3. The highest BCUT2D eigenvalue weighted by atomic mass is 16.5. The monoisotopic (exact) mass is 360 g/mol. The number of pyridine rings is 1. The normalized spacial score (nSPS) is 10.1. The van der Waals surface area contributed by atoms with Gasteiger partial charge in [-0.1, -0.05) is 0 Å². The van der Waals surface area contributed by atoms with Gasteiger partial charge in [0, 0.05) is 18.8 Å². The summed E-state index contributed by atoms with van der Waals surface area (Å²) in [6.07, 6.45) is 1.49. The van der Waals surface area contributed by atoms with E-state index in [1.807, 2.05) is 0 Å². The minimum absolute atomic E-state index is 0.0523. The number of aliphatic carboxylic acids is 1. The number of amides is 1. The fraction of sp³-hybridized carbons (Fsp3) is 0.278. The second kappa shape index (κ2) is 8.70. The minimum Gasteiger partial charge on any atom is -0.497 e. The zero-order chi connectivity index (χ0) is 19.1. The molecule has 8 heteroatoms. The van der Waals surface area contributed by atoms with E-state index in [4.69, 9.17) is 14.2 Å². The molecule has 1 aromatic heterocycles. The van der Waals surface area contributed by atoms with Gasteiger partial charge in [-0.05, 0) is 29.8 Å². The molecule has 138 valence electrons. The summed E-state index contributed by atoms with van der Waals surface area (Å²) in [6.45, 7) is -0.423. The van der Waals surface area contributed by atoms with E-state index in [-0.39, 0.29) is 18.0 Å². The van der Waals surface area contributed by atoms with Crippen molar-refractivity contribution in [1.82, 2.24) is 9.88 Å². The van der Waals surface area contributed by atoms with E-state index in [9.17, 15) is 14.7 Å². The third kappa shape index (κ3) is 4.62. The molecular formula is C18H20N2O6. The summed E-state index contributed by atoms with van der Waals surface area (Å²) >= 11 is 0. The molecule has 0 saturated carbocycles. The lowest BCUT2D eigenvalue weighted by molar-refractivity contribution is -0.137. The smallest absolute Gasteiger partial charge is 0.323 e. The Morgan fingerprint density at radius 1 is 1.08 bits per heavy atom. The van der Waals surface area contributed by atoms with Gasteiger partial charge in [0.2, 0.25) is 5.88 Å². The first-order chi connectivity index (χ1) is 12.5. The molecule has 0 radical (unpaired) electrons. The zero-order valence-corrected chi connectivity index (χ0v) is 14.8. The molecule has 0 bridgehead atoms. The molecule has 1 N–H and O–H groups in total. The van der Waals surface area contributed by atoms with Crippen LogP contribution in [0.3, 0.4) is 0 Å². The number of hydrogen-bond acceptors (Lipinski definition) is 6. The topological polar surface area (TPSA) is 98.2 Å². The summed E-state index contributed by atoms with van der Waals surface area (Å²) in [5.41, 5.74) is 0.852. The van der Waals surface area contributed by atoms with Crippen LogP contribution in [-0.2, 0) is 11.3 Å². The lowest BCUT2D eigenvalue weighted by atomic mass is 10.1. The molecule has 0 atom stereocenters. The van der Waals surface area contributed by atoms with Gasteiger partial charge >= 0.3 is 5.97 Å². The lowest BCUT2D eigenvalue weighted by Crippen LogP contribution is -2.35. The summed E-state index contributed by atoms with van der Waals surface area (Å²) in [5.74, 6) is -0.409. The summed E-state index contributed by atoms with van der Waals surface area (Å²) in [5, 5.41) is 9.20. The number of rotatable bonds is 8. The van der Waals surface area contributed by atoms with Crippen molar-refractivity contribution in [3.63, 3.8) is 0 Å². The SMILES string of the molecule is COc1cc(CN(CC(=O)O)C(=O)c2cccnc2OC)cc(OC)c1. The van der Waals surface area contributed by atoms with Gasteiger partial charge in [0.1, 0.15) is 23.6 Å². The molecule has 1 amide bonds. The van der Waals surface area contributed by atoms with Crippen LogP contribution in [0.1, 0.15) is 15.9 Å². The number of nitrogens with zero attached hydrogens (tertiary/aromatic N) is 2. The first kappa shape index (κ1) is 19.0. The predicted octanol–water partition coefficient (Wildman–Crippen LogP) is 1.83. The second-order valence-corrected chi connectivity index (χ2v) is 5.34. The number of carboxylic acid groups (broad SMARTS) is 1. The number of aromatic nitrogens is 1. The Balaban J connectivity index is 2.36. The van der Waals surface area contributed by atoms with Crippen molar-refractivity contribution in [3.8, 4) is 17.4 Å². The zero-order valence-electron chi connectivity index (χ0n) is 14.8. The molecular weight excluding hydrogens is 340 g/mol. The second-order valence-electron chi connectivity index (χ2n) is 5.34. The fourth-order valence-corrected chi connectivity index (χ4v) is 2.43. The molecule has 0 saturated heterocycles. The number of benzene rings is 1. The largest absolute Gasteiger partial charge is 0.497 e. The van der Waals surface area contributed by atoms with Crippen molar-refractivity contribution in [2.45, 2.75) is 6.54 Å². The first-order valence-corrected chi connectivity index (χ1v) is 7.70.